The van der Waals surface area contributed by atoms with Gasteiger partial charge in [0.15, 0.2) is 0 Å². The second-order valence-corrected chi connectivity index (χ2v) is 4.65. The molecule has 0 aliphatic carbocycles. The Kier molecular flexibility index (Phi) is 4.65. The molecule has 1 aromatic rings. The largest absolute Gasteiger partial charge is 0.478 e. The highest BCUT2D eigenvalue weighted by Gasteiger charge is 2.21. The number of pyridine rings is 1. The van der Waals surface area contributed by atoms with Gasteiger partial charge in [0, 0.05) is 48.6 Å². The molecule has 2 heterocycles. The van der Waals surface area contributed by atoms with Crippen LogP contribution in [0.2, 0.25) is 0 Å². The minimum absolute atomic E-state index is 0.0109. The average Bonchev–Trinajstić information content (AvgIpc) is 2.88. The monoisotopic (exact) mass is 289 g/mol. The molecule has 0 bridgehead atoms. The molecule has 1 fully saturated rings. The zero-order valence-corrected chi connectivity index (χ0v) is 11.2. The first-order chi connectivity index (χ1) is 10.1. The van der Waals surface area contributed by atoms with Crippen LogP contribution in [0.25, 0.3) is 6.08 Å². The predicted octanol–water partition coefficient (Wildman–Crippen LogP) is 0.188. The van der Waals surface area contributed by atoms with Crippen molar-refractivity contribution in [3.8, 4) is 0 Å². The number of hydrogen-bond acceptors (Lipinski definition) is 4. The van der Waals surface area contributed by atoms with Crippen molar-refractivity contribution in [2.75, 3.05) is 6.54 Å². The molecule has 1 atom stereocenters. The van der Waals surface area contributed by atoms with Gasteiger partial charge in [0.2, 0.25) is 5.91 Å². The van der Waals surface area contributed by atoms with Crippen LogP contribution in [0.3, 0.4) is 0 Å². The fourth-order valence-corrected chi connectivity index (χ4v) is 2.05. The first kappa shape index (κ1) is 14.7. The van der Waals surface area contributed by atoms with Gasteiger partial charge in [-0.15, -0.1) is 0 Å². The van der Waals surface area contributed by atoms with Crippen molar-refractivity contribution in [3.63, 3.8) is 0 Å². The minimum atomic E-state index is -1.10. The Morgan fingerprint density at radius 3 is 3.00 bits per heavy atom. The second kappa shape index (κ2) is 6.65. The number of aliphatic carboxylic acids is 1. The Morgan fingerprint density at radius 2 is 2.33 bits per heavy atom. The molecular weight excluding hydrogens is 274 g/mol. The molecule has 7 heteroatoms. The van der Waals surface area contributed by atoms with E-state index in [1.54, 1.807) is 0 Å². The van der Waals surface area contributed by atoms with Gasteiger partial charge < -0.3 is 15.7 Å². The summed E-state index contributed by atoms with van der Waals surface area (Å²) in [7, 11) is 0. The third-order valence-corrected chi connectivity index (χ3v) is 3.10. The van der Waals surface area contributed by atoms with Crippen molar-refractivity contribution < 1.29 is 19.5 Å². The number of carbonyl (C=O) groups excluding carboxylic acids is 2. The first-order valence-corrected chi connectivity index (χ1v) is 6.49. The number of amides is 2. The zero-order chi connectivity index (χ0) is 15.2. The normalized spacial score (nSPS) is 17.7. The number of carbonyl (C=O) groups is 3. The second-order valence-electron chi connectivity index (χ2n) is 4.65. The smallest absolute Gasteiger partial charge is 0.328 e. The summed E-state index contributed by atoms with van der Waals surface area (Å²) in [6, 6.07) is 1.46. The molecule has 2 rings (SSSR count). The molecular formula is C14H15N3O4. The lowest BCUT2D eigenvalue weighted by molar-refractivity contribution is -0.131. The van der Waals surface area contributed by atoms with Crippen LogP contribution in [0.15, 0.2) is 24.5 Å². The average molecular weight is 289 g/mol. The van der Waals surface area contributed by atoms with Crippen molar-refractivity contribution in [2.24, 2.45) is 0 Å². The first-order valence-electron chi connectivity index (χ1n) is 6.49. The maximum Gasteiger partial charge on any atom is 0.328 e. The van der Waals surface area contributed by atoms with Crippen molar-refractivity contribution in [3.05, 3.63) is 35.7 Å². The minimum Gasteiger partial charge on any atom is -0.478 e. The Labute approximate surface area is 121 Å². The van der Waals surface area contributed by atoms with Crippen LogP contribution in [0.5, 0.6) is 0 Å². The standard InChI is InChI=1S/C14H15N3O4/c18-12-3-2-10(17-12)8-16-14(21)11-5-6-15-7-9(11)1-4-13(19)20/h1,4-7,10H,2-3,8H2,(H,16,21)(H,17,18)(H,19,20). The summed E-state index contributed by atoms with van der Waals surface area (Å²) in [5.41, 5.74) is 0.764. The number of nitrogens with one attached hydrogen (secondary N) is 2. The van der Waals surface area contributed by atoms with E-state index in [0.717, 1.165) is 6.08 Å². The van der Waals surface area contributed by atoms with Gasteiger partial charge >= 0.3 is 5.97 Å². The topological polar surface area (TPSA) is 108 Å². The highest BCUT2D eigenvalue weighted by atomic mass is 16.4. The number of aromatic nitrogens is 1. The van der Waals surface area contributed by atoms with Crippen LogP contribution in [-0.2, 0) is 9.59 Å². The molecule has 1 unspecified atom stereocenters. The third kappa shape index (κ3) is 4.13. The number of nitrogens with zero attached hydrogens (tertiary/aromatic N) is 1. The van der Waals surface area contributed by atoms with E-state index in [9.17, 15) is 14.4 Å². The van der Waals surface area contributed by atoms with E-state index in [1.807, 2.05) is 0 Å². The number of carboxylic acid groups (broad SMARTS) is 1. The predicted molar refractivity (Wildman–Crippen MR) is 74.4 cm³/mol. The van der Waals surface area contributed by atoms with Crippen molar-refractivity contribution in [1.82, 2.24) is 15.6 Å². The molecule has 21 heavy (non-hydrogen) atoms. The Bertz CT molecular complexity index is 598. The number of carboxylic acids is 1. The van der Waals surface area contributed by atoms with Gasteiger partial charge in [0.1, 0.15) is 0 Å². The molecule has 2 amide bonds. The van der Waals surface area contributed by atoms with Gasteiger partial charge in [-0.3, -0.25) is 14.6 Å². The van der Waals surface area contributed by atoms with Crippen molar-refractivity contribution >= 4 is 23.9 Å². The summed E-state index contributed by atoms with van der Waals surface area (Å²) in [4.78, 5) is 37.6. The van der Waals surface area contributed by atoms with E-state index in [4.69, 9.17) is 5.11 Å². The fourth-order valence-electron chi connectivity index (χ4n) is 2.05. The highest BCUT2D eigenvalue weighted by Crippen LogP contribution is 2.10. The number of rotatable bonds is 5. The van der Waals surface area contributed by atoms with Gasteiger partial charge in [-0.05, 0) is 18.6 Å². The SMILES string of the molecule is O=C(O)C=Cc1cnccc1C(=O)NCC1CCC(=O)N1. The summed E-state index contributed by atoms with van der Waals surface area (Å²) >= 11 is 0. The molecule has 0 saturated carbocycles. The van der Waals surface area contributed by atoms with Crippen LogP contribution in [-0.4, -0.2) is 40.5 Å². The maximum atomic E-state index is 12.1. The summed E-state index contributed by atoms with van der Waals surface area (Å²) in [6.07, 6.45) is 6.33. The Morgan fingerprint density at radius 1 is 1.52 bits per heavy atom. The fraction of sp³-hybridized carbons (Fsp3) is 0.286. The molecule has 1 saturated heterocycles. The quantitative estimate of drug-likeness (QED) is 0.670. The molecule has 0 radical (unpaired) electrons. The molecule has 1 aliphatic heterocycles. The van der Waals surface area contributed by atoms with Crippen LogP contribution >= 0.6 is 0 Å². The molecule has 1 aliphatic rings. The lowest BCUT2D eigenvalue weighted by Gasteiger charge is -2.12. The summed E-state index contributed by atoms with van der Waals surface area (Å²) in [6.45, 7) is 0.342. The summed E-state index contributed by atoms with van der Waals surface area (Å²) in [5.74, 6) is -1.44. The zero-order valence-electron chi connectivity index (χ0n) is 11.2. The molecule has 1 aromatic heterocycles. The number of hydrogen-bond donors (Lipinski definition) is 3. The van der Waals surface area contributed by atoms with E-state index in [1.165, 1.54) is 24.5 Å². The van der Waals surface area contributed by atoms with E-state index in [0.29, 0.717) is 30.5 Å². The van der Waals surface area contributed by atoms with E-state index in [-0.39, 0.29) is 17.9 Å². The van der Waals surface area contributed by atoms with Gasteiger partial charge in [-0.25, -0.2) is 4.79 Å². The Balaban J connectivity index is 2.01. The molecule has 110 valence electrons. The summed E-state index contributed by atoms with van der Waals surface area (Å²) in [5, 5.41) is 14.1. The van der Waals surface area contributed by atoms with E-state index >= 15 is 0 Å². The molecule has 0 aromatic carbocycles. The van der Waals surface area contributed by atoms with Crippen LogP contribution in [0.1, 0.15) is 28.8 Å². The molecule has 3 N–H and O–H groups in total. The van der Waals surface area contributed by atoms with Crippen molar-refractivity contribution in [1.29, 1.82) is 0 Å². The van der Waals surface area contributed by atoms with Gasteiger partial charge in [0.25, 0.3) is 5.91 Å². The lowest BCUT2D eigenvalue weighted by atomic mass is 10.1. The molecule has 0 spiro atoms. The van der Waals surface area contributed by atoms with Gasteiger partial charge in [-0.1, -0.05) is 0 Å². The van der Waals surface area contributed by atoms with Crippen molar-refractivity contribution in [2.45, 2.75) is 18.9 Å². The Hall–Kier alpha value is -2.70. The highest BCUT2D eigenvalue weighted by molar-refractivity contribution is 5.98. The van der Waals surface area contributed by atoms with E-state index < -0.39 is 5.97 Å². The van der Waals surface area contributed by atoms with E-state index in [2.05, 4.69) is 15.6 Å². The van der Waals surface area contributed by atoms with Crippen LogP contribution in [0.4, 0.5) is 0 Å². The summed E-state index contributed by atoms with van der Waals surface area (Å²) < 4.78 is 0. The van der Waals surface area contributed by atoms with Crippen LogP contribution in [0, 0.1) is 0 Å². The maximum absolute atomic E-state index is 12.1. The molecule has 7 nitrogen and oxygen atoms in total. The van der Waals surface area contributed by atoms with Crippen LogP contribution < -0.4 is 10.6 Å². The lowest BCUT2D eigenvalue weighted by Crippen LogP contribution is -2.38. The van der Waals surface area contributed by atoms with Gasteiger partial charge in [-0.2, -0.15) is 0 Å². The van der Waals surface area contributed by atoms with Gasteiger partial charge in [0.05, 0.1) is 0 Å². The third-order valence-electron chi connectivity index (χ3n) is 3.10.